The van der Waals surface area contributed by atoms with Crippen LogP contribution in [0, 0.1) is 5.82 Å². The Labute approximate surface area is 199 Å². The second kappa shape index (κ2) is 12.0. The Morgan fingerprint density at radius 3 is 2.33 bits per heavy atom. The van der Waals surface area contributed by atoms with E-state index in [4.69, 9.17) is 11.6 Å². The van der Waals surface area contributed by atoms with Gasteiger partial charge in [0.1, 0.15) is 18.4 Å². The molecule has 1 atom stereocenters. The lowest BCUT2D eigenvalue weighted by Gasteiger charge is -2.33. The van der Waals surface area contributed by atoms with Crippen molar-refractivity contribution >= 4 is 39.1 Å². The second-order valence-corrected chi connectivity index (χ2v) is 9.96. The number of amides is 2. The van der Waals surface area contributed by atoms with Crippen LogP contribution in [0.15, 0.2) is 48.5 Å². The molecule has 0 aromatic heterocycles. The third-order valence-corrected chi connectivity index (χ3v) is 6.35. The lowest BCUT2D eigenvalue weighted by Crippen LogP contribution is -2.52. The number of hydrogen-bond donors (Lipinski definition) is 1. The highest BCUT2D eigenvalue weighted by Crippen LogP contribution is 2.23. The Hall–Kier alpha value is -2.65. The minimum atomic E-state index is -3.83. The van der Waals surface area contributed by atoms with Gasteiger partial charge in [0, 0.05) is 18.1 Å². The zero-order chi connectivity index (χ0) is 24.6. The molecule has 1 N–H and O–H groups in total. The molecule has 2 aromatic carbocycles. The fraction of sp³-hybridized carbons (Fsp3) is 0.391. The first kappa shape index (κ1) is 26.6. The van der Waals surface area contributed by atoms with Gasteiger partial charge in [0.05, 0.1) is 11.9 Å². The summed E-state index contributed by atoms with van der Waals surface area (Å²) in [4.78, 5) is 27.6. The predicted molar refractivity (Wildman–Crippen MR) is 128 cm³/mol. The third kappa shape index (κ3) is 7.71. The van der Waals surface area contributed by atoms with Crippen molar-refractivity contribution in [1.82, 2.24) is 10.2 Å². The molecular formula is C23H29ClFN3O4S. The number of sulfonamides is 1. The van der Waals surface area contributed by atoms with Crippen LogP contribution in [0.1, 0.15) is 32.3 Å². The Bertz CT molecular complexity index is 1060. The van der Waals surface area contributed by atoms with Crippen molar-refractivity contribution in [3.8, 4) is 0 Å². The number of hydrogen-bond acceptors (Lipinski definition) is 4. The summed E-state index contributed by atoms with van der Waals surface area (Å²) in [7, 11) is -3.83. The molecule has 0 heterocycles. The molecule has 0 saturated heterocycles. The maximum absolute atomic E-state index is 13.4. The summed E-state index contributed by atoms with van der Waals surface area (Å²) in [6.45, 7) is 3.64. The molecular weight excluding hydrogens is 469 g/mol. The SMILES string of the molecule is CCCNC(=O)C(CC)N(Cc1ccc(F)cc1)C(=O)CN(c1cccc(Cl)c1)S(C)(=O)=O. The second-order valence-electron chi connectivity index (χ2n) is 7.61. The molecule has 7 nitrogen and oxygen atoms in total. The number of anilines is 1. The van der Waals surface area contributed by atoms with E-state index in [9.17, 15) is 22.4 Å². The van der Waals surface area contributed by atoms with Crippen molar-refractivity contribution in [2.75, 3.05) is 23.7 Å². The average molecular weight is 498 g/mol. The van der Waals surface area contributed by atoms with Gasteiger partial charge >= 0.3 is 0 Å². The maximum Gasteiger partial charge on any atom is 0.244 e. The largest absolute Gasteiger partial charge is 0.354 e. The van der Waals surface area contributed by atoms with E-state index in [1.165, 1.54) is 41.3 Å². The van der Waals surface area contributed by atoms with Crippen LogP contribution in [-0.2, 0) is 26.2 Å². The van der Waals surface area contributed by atoms with Crippen molar-refractivity contribution in [2.45, 2.75) is 39.3 Å². The van der Waals surface area contributed by atoms with Crippen LogP contribution in [0.5, 0.6) is 0 Å². The van der Waals surface area contributed by atoms with Crippen LogP contribution in [-0.4, -0.2) is 50.5 Å². The first-order valence-electron chi connectivity index (χ1n) is 10.6. The van der Waals surface area contributed by atoms with Crippen LogP contribution < -0.4 is 9.62 Å². The van der Waals surface area contributed by atoms with Crippen LogP contribution in [0.3, 0.4) is 0 Å². The summed E-state index contributed by atoms with van der Waals surface area (Å²) in [5.41, 5.74) is 0.851. The lowest BCUT2D eigenvalue weighted by atomic mass is 10.1. The molecule has 0 aliphatic rings. The van der Waals surface area contributed by atoms with Gasteiger partial charge in [0.15, 0.2) is 0 Å². The number of carbonyl (C=O) groups is 2. The molecule has 0 spiro atoms. The fourth-order valence-electron chi connectivity index (χ4n) is 3.32. The first-order chi connectivity index (χ1) is 15.6. The van der Waals surface area contributed by atoms with Crippen molar-refractivity contribution in [3.63, 3.8) is 0 Å². The van der Waals surface area contributed by atoms with Crippen molar-refractivity contribution in [2.24, 2.45) is 0 Å². The highest BCUT2D eigenvalue weighted by Gasteiger charge is 2.31. The normalized spacial score (nSPS) is 12.2. The summed E-state index contributed by atoms with van der Waals surface area (Å²) in [5, 5.41) is 3.12. The van der Waals surface area contributed by atoms with Gasteiger partial charge in [0.2, 0.25) is 21.8 Å². The van der Waals surface area contributed by atoms with E-state index < -0.39 is 34.3 Å². The Morgan fingerprint density at radius 1 is 1.12 bits per heavy atom. The van der Waals surface area contributed by atoms with E-state index in [0.717, 1.165) is 17.0 Å². The van der Waals surface area contributed by atoms with E-state index in [1.54, 1.807) is 19.1 Å². The van der Waals surface area contributed by atoms with Crippen molar-refractivity contribution in [1.29, 1.82) is 0 Å². The molecule has 0 aliphatic carbocycles. The Kier molecular flexibility index (Phi) is 9.67. The molecule has 1 unspecified atom stereocenters. The zero-order valence-electron chi connectivity index (χ0n) is 18.9. The molecule has 0 bridgehead atoms. The number of nitrogens with zero attached hydrogens (tertiary/aromatic N) is 2. The van der Waals surface area contributed by atoms with E-state index in [0.29, 0.717) is 23.6 Å². The number of rotatable bonds is 11. The highest BCUT2D eigenvalue weighted by molar-refractivity contribution is 7.92. The van der Waals surface area contributed by atoms with Gasteiger partial charge in [-0.15, -0.1) is 0 Å². The molecule has 180 valence electrons. The molecule has 33 heavy (non-hydrogen) atoms. The van der Waals surface area contributed by atoms with Gasteiger partial charge in [0.25, 0.3) is 0 Å². The molecule has 2 aromatic rings. The van der Waals surface area contributed by atoms with Crippen LogP contribution in [0.2, 0.25) is 5.02 Å². The number of benzene rings is 2. The van der Waals surface area contributed by atoms with E-state index in [2.05, 4.69) is 5.32 Å². The fourth-order valence-corrected chi connectivity index (χ4v) is 4.34. The van der Waals surface area contributed by atoms with E-state index in [1.807, 2.05) is 6.92 Å². The number of nitrogens with one attached hydrogen (secondary N) is 1. The Balaban J connectivity index is 2.41. The van der Waals surface area contributed by atoms with Crippen molar-refractivity contribution in [3.05, 3.63) is 64.9 Å². The number of carbonyl (C=O) groups excluding carboxylic acids is 2. The van der Waals surface area contributed by atoms with Gasteiger partial charge in [-0.1, -0.05) is 43.6 Å². The molecule has 2 amide bonds. The van der Waals surface area contributed by atoms with Gasteiger partial charge < -0.3 is 10.2 Å². The van der Waals surface area contributed by atoms with E-state index >= 15 is 0 Å². The minimum absolute atomic E-state index is 0.0182. The van der Waals surface area contributed by atoms with Crippen molar-refractivity contribution < 1.29 is 22.4 Å². The quantitative estimate of drug-likeness (QED) is 0.514. The molecule has 0 aliphatic heterocycles. The Morgan fingerprint density at radius 2 is 1.79 bits per heavy atom. The summed E-state index contributed by atoms with van der Waals surface area (Å²) in [5.74, 6) is -1.32. The average Bonchev–Trinajstić information content (AvgIpc) is 2.76. The van der Waals surface area contributed by atoms with Crippen LogP contribution in [0.4, 0.5) is 10.1 Å². The lowest BCUT2D eigenvalue weighted by molar-refractivity contribution is -0.140. The van der Waals surface area contributed by atoms with Gasteiger partial charge in [-0.05, 0) is 48.7 Å². The third-order valence-electron chi connectivity index (χ3n) is 4.98. The predicted octanol–water partition coefficient (Wildman–Crippen LogP) is 3.58. The summed E-state index contributed by atoms with van der Waals surface area (Å²) in [6, 6.07) is 10.9. The van der Waals surface area contributed by atoms with E-state index in [-0.39, 0.29) is 18.1 Å². The molecule has 10 heteroatoms. The zero-order valence-corrected chi connectivity index (χ0v) is 20.5. The van der Waals surface area contributed by atoms with Crippen LogP contribution in [0.25, 0.3) is 0 Å². The summed E-state index contributed by atoms with van der Waals surface area (Å²) < 4.78 is 39.3. The number of halogens is 2. The first-order valence-corrected chi connectivity index (χ1v) is 12.8. The van der Waals surface area contributed by atoms with Gasteiger partial charge in [-0.25, -0.2) is 12.8 Å². The maximum atomic E-state index is 13.4. The molecule has 2 rings (SSSR count). The van der Waals surface area contributed by atoms with Crippen LogP contribution >= 0.6 is 11.6 Å². The standard InChI is InChI=1S/C23H29ClFN3O4S/c1-4-13-26-23(30)21(5-2)27(15-17-9-11-19(25)12-10-17)22(29)16-28(33(3,31)32)20-8-6-7-18(24)14-20/h6-12,14,21H,4-5,13,15-16H2,1-3H3,(H,26,30). The van der Waals surface area contributed by atoms with Gasteiger partial charge in [-0.2, -0.15) is 0 Å². The summed E-state index contributed by atoms with van der Waals surface area (Å²) in [6.07, 6.45) is 2.04. The summed E-state index contributed by atoms with van der Waals surface area (Å²) >= 11 is 6.02. The monoisotopic (exact) mass is 497 g/mol. The smallest absolute Gasteiger partial charge is 0.244 e. The minimum Gasteiger partial charge on any atom is -0.354 e. The topological polar surface area (TPSA) is 86.8 Å². The highest BCUT2D eigenvalue weighted by atomic mass is 35.5. The molecule has 0 fully saturated rings. The molecule has 0 radical (unpaired) electrons. The van der Waals surface area contributed by atoms with Gasteiger partial charge in [-0.3, -0.25) is 13.9 Å². The molecule has 0 saturated carbocycles.